The Morgan fingerprint density at radius 1 is 1.06 bits per heavy atom. The molecule has 0 saturated heterocycles. The van der Waals surface area contributed by atoms with Gasteiger partial charge in [0.1, 0.15) is 11.6 Å². The van der Waals surface area contributed by atoms with Crippen molar-refractivity contribution in [2.75, 3.05) is 24.3 Å². The lowest BCUT2D eigenvalue weighted by molar-refractivity contribution is -0.131. The molecule has 1 atom stereocenters. The fourth-order valence-electron chi connectivity index (χ4n) is 2.94. The fraction of sp³-hybridized carbons (Fsp3) is 0.217. The number of aromatic nitrogens is 2. The number of rotatable bonds is 6. The van der Waals surface area contributed by atoms with Crippen LogP contribution in [0.4, 0.5) is 15.9 Å². The molecule has 0 aliphatic carbocycles. The number of ether oxygens (including phenoxy) is 1. The average molecular weight is 422 g/mol. The lowest BCUT2D eigenvalue weighted by atomic mass is 10.00. The van der Waals surface area contributed by atoms with Gasteiger partial charge in [-0.15, -0.1) is 0 Å². The molecule has 3 aromatic rings. The number of nitrogens with one attached hydrogen (secondary N) is 1. The largest absolute Gasteiger partial charge is 0.421 e. The van der Waals surface area contributed by atoms with E-state index in [0.29, 0.717) is 28.6 Å². The summed E-state index contributed by atoms with van der Waals surface area (Å²) in [6, 6.07) is 12.7. The summed E-state index contributed by atoms with van der Waals surface area (Å²) in [6.07, 6.45) is 1.49. The first kappa shape index (κ1) is 21.9. The van der Waals surface area contributed by atoms with Crippen LogP contribution in [-0.2, 0) is 4.79 Å². The number of carbonyl (C=O) groups excluding carboxylic acids is 2. The van der Waals surface area contributed by atoms with Crippen molar-refractivity contribution in [1.82, 2.24) is 9.97 Å². The molecule has 8 heteroatoms. The van der Waals surface area contributed by atoms with Crippen molar-refractivity contribution >= 4 is 23.4 Å². The standard InChI is InChI=1S/C23H23FN4O3/c1-14(21-25-13-20(31-15(2)29)22(27-21)28(3)4)16-7-11-19(12-8-16)26-23(30)17-5-9-18(24)10-6-17/h5-14H,1-4H3,(H,26,30). The van der Waals surface area contributed by atoms with Crippen molar-refractivity contribution in [2.24, 2.45) is 0 Å². The number of halogens is 1. The highest BCUT2D eigenvalue weighted by Crippen LogP contribution is 2.29. The molecule has 3 rings (SSSR count). The maximum Gasteiger partial charge on any atom is 0.308 e. The zero-order valence-electron chi connectivity index (χ0n) is 17.7. The van der Waals surface area contributed by atoms with Gasteiger partial charge in [-0.05, 0) is 42.0 Å². The molecular formula is C23H23FN4O3. The highest BCUT2D eigenvalue weighted by molar-refractivity contribution is 6.04. The van der Waals surface area contributed by atoms with E-state index in [9.17, 15) is 14.0 Å². The van der Waals surface area contributed by atoms with Crippen molar-refractivity contribution in [3.8, 4) is 5.75 Å². The van der Waals surface area contributed by atoms with Gasteiger partial charge in [-0.3, -0.25) is 9.59 Å². The Kier molecular flexibility index (Phi) is 6.59. The van der Waals surface area contributed by atoms with E-state index in [0.717, 1.165) is 5.56 Å². The van der Waals surface area contributed by atoms with Crippen molar-refractivity contribution in [3.63, 3.8) is 0 Å². The first-order valence-corrected chi connectivity index (χ1v) is 9.64. The number of hydrogen-bond acceptors (Lipinski definition) is 6. The molecule has 1 heterocycles. The summed E-state index contributed by atoms with van der Waals surface area (Å²) < 4.78 is 18.2. The van der Waals surface area contributed by atoms with Crippen molar-refractivity contribution in [3.05, 3.63) is 77.5 Å². The predicted octanol–water partition coefficient (Wildman–Crippen LogP) is 4.01. The van der Waals surface area contributed by atoms with Crippen LogP contribution in [0.1, 0.15) is 41.5 Å². The van der Waals surface area contributed by atoms with Crippen molar-refractivity contribution in [1.29, 1.82) is 0 Å². The van der Waals surface area contributed by atoms with Gasteiger partial charge in [0.2, 0.25) is 0 Å². The van der Waals surface area contributed by atoms with Gasteiger partial charge < -0.3 is 15.0 Å². The Balaban J connectivity index is 1.76. The highest BCUT2D eigenvalue weighted by Gasteiger charge is 2.17. The summed E-state index contributed by atoms with van der Waals surface area (Å²) in [6.45, 7) is 3.29. The third-order valence-electron chi connectivity index (χ3n) is 4.59. The first-order chi connectivity index (χ1) is 14.7. The van der Waals surface area contributed by atoms with Gasteiger partial charge in [-0.2, -0.15) is 0 Å². The van der Waals surface area contributed by atoms with Gasteiger partial charge in [0.15, 0.2) is 11.6 Å². The van der Waals surface area contributed by atoms with Crippen LogP contribution in [0.2, 0.25) is 0 Å². The molecule has 0 spiro atoms. The van der Waals surface area contributed by atoms with E-state index >= 15 is 0 Å². The molecule has 0 radical (unpaired) electrons. The molecule has 7 nitrogen and oxygen atoms in total. The second-order valence-corrected chi connectivity index (χ2v) is 7.21. The normalized spacial score (nSPS) is 11.5. The molecule has 0 saturated carbocycles. The minimum atomic E-state index is -0.439. The van der Waals surface area contributed by atoms with Crippen LogP contribution in [0, 0.1) is 5.82 Å². The van der Waals surface area contributed by atoms with Crippen LogP contribution in [0.15, 0.2) is 54.7 Å². The summed E-state index contributed by atoms with van der Waals surface area (Å²) in [5, 5.41) is 2.79. The van der Waals surface area contributed by atoms with Crippen LogP contribution in [0.5, 0.6) is 5.75 Å². The molecule has 1 amide bonds. The van der Waals surface area contributed by atoms with Gasteiger partial charge >= 0.3 is 5.97 Å². The second kappa shape index (κ2) is 9.34. The molecular weight excluding hydrogens is 399 g/mol. The minimum absolute atomic E-state index is 0.132. The maximum absolute atomic E-state index is 13.0. The Morgan fingerprint density at radius 2 is 1.71 bits per heavy atom. The highest BCUT2D eigenvalue weighted by atomic mass is 19.1. The van der Waals surface area contributed by atoms with E-state index in [2.05, 4.69) is 15.3 Å². The van der Waals surface area contributed by atoms with E-state index in [1.165, 1.54) is 37.4 Å². The Hall–Kier alpha value is -3.81. The molecule has 1 N–H and O–H groups in total. The molecule has 0 fully saturated rings. The second-order valence-electron chi connectivity index (χ2n) is 7.21. The molecule has 1 unspecified atom stereocenters. The SMILES string of the molecule is CC(=O)Oc1cnc(C(C)c2ccc(NC(=O)c3ccc(F)cc3)cc2)nc1N(C)C. The van der Waals surface area contributed by atoms with E-state index < -0.39 is 11.8 Å². The van der Waals surface area contributed by atoms with E-state index in [4.69, 9.17) is 4.74 Å². The van der Waals surface area contributed by atoms with Crippen molar-refractivity contribution in [2.45, 2.75) is 19.8 Å². The van der Waals surface area contributed by atoms with Gasteiger partial charge in [-0.25, -0.2) is 14.4 Å². The summed E-state index contributed by atoms with van der Waals surface area (Å²) in [5.41, 5.74) is 1.94. The molecule has 0 aliphatic rings. The zero-order chi connectivity index (χ0) is 22.5. The molecule has 2 aromatic carbocycles. The fourth-order valence-corrected chi connectivity index (χ4v) is 2.94. The maximum atomic E-state index is 13.0. The number of esters is 1. The van der Waals surface area contributed by atoms with Crippen LogP contribution in [0.3, 0.4) is 0 Å². The number of nitrogens with zero attached hydrogens (tertiary/aromatic N) is 3. The molecule has 0 aliphatic heterocycles. The van der Waals surface area contributed by atoms with Crippen LogP contribution in [-0.4, -0.2) is 35.9 Å². The zero-order valence-corrected chi connectivity index (χ0v) is 17.7. The molecule has 0 bridgehead atoms. The lowest BCUT2D eigenvalue weighted by Crippen LogP contribution is -2.16. The Labute approximate surface area is 179 Å². The topological polar surface area (TPSA) is 84.4 Å². The lowest BCUT2D eigenvalue weighted by Gasteiger charge is -2.18. The number of carbonyl (C=O) groups is 2. The summed E-state index contributed by atoms with van der Waals surface area (Å²) in [7, 11) is 3.62. The number of benzene rings is 2. The quantitative estimate of drug-likeness (QED) is 0.604. The number of anilines is 2. The Bertz CT molecular complexity index is 1080. The van der Waals surface area contributed by atoms with Gasteiger partial charge in [0.05, 0.1) is 6.20 Å². The first-order valence-electron chi connectivity index (χ1n) is 9.64. The smallest absolute Gasteiger partial charge is 0.308 e. The molecule has 31 heavy (non-hydrogen) atoms. The van der Waals surface area contributed by atoms with Gasteiger partial charge in [0, 0.05) is 38.2 Å². The monoisotopic (exact) mass is 422 g/mol. The summed E-state index contributed by atoms with van der Waals surface area (Å²) >= 11 is 0. The predicted molar refractivity (Wildman–Crippen MR) is 116 cm³/mol. The number of hydrogen-bond donors (Lipinski definition) is 1. The van der Waals surface area contributed by atoms with Gasteiger partial charge in [-0.1, -0.05) is 19.1 Å². The third-order valence-corrected chi connectivity index (χ3v) is 4.59. The third kappa shape index (κ3) is 5.42. The molecule has 1 aromatic heterocycles. The van der Waals surface area contributed by atoms with E-state index in [1.807, 2.05) is 33.2 Å². The van der Waals surface area contributed by atoms with E-state index in [1.54, 1.807) is 17.0 Å². The average Bonchev–Trinajstić information content (AvgIpc) is 2.74. The summed E-state index contributed by atoms with van der Waals surface area (Å²) in [4.78, 5) is 34.2. The summed E-state index contributed by atoms with van der Waals surface area (Å²) in [5.74, 6) is 0.0965. The van der Waals surface area contributed by atoms with Crippen molar-refractivity contribution < 1.29 is 18.7 Å². The number of amides is 1. The molecule has 160 valence electrons. The van der Waals surface area contributed by atoms with Crippen LogP contribution >= 0.6 is 0 Å². The van der Waals surface area contributed by atoms with Crippen LogP contribution < -0.4 is 15.0 Å². The Morgan fingerprint density at radius 3 is 2.29 bits per heavy atom. The van der Waals surface area contributed by atoms with Crippen LogP contribution in [0.25, 0.3) is 0 Å². The van der Waals surface area contributed by atoms with E-state index in [-0.39, 0.29) is 11.8 Å². The minimum Gasteiger partial charge on any atom is -0.421 e. The van der Waals surface area contributed by atoms with Gasteiger partial charge in [0.25, 0.3) is 5.91 Å².